The van der Waals surface area contributed by atoms with Gasteiger partial charge in [-0.05, 0) is 51.0 Å². The van der Waals surface area contributed by atoms with Gasteiger partial charge in [0.05, 0.1) is 11.5 Å². The van der Waals surface area contributed by atoms with Crippen LogP contribution in [0.3, 0.4) is 0 Å². The van der Waals surface area contributed by atoms with Crippen molar-refractivity contribution in [2.45, 2.75) is 37.6 Å². The van der Waals surface area contributed by atoms with Crippen LogP contribution in [0.2, 0.25) is 0 Å². The Labute approximate surface area is 186 Å². The summed E-state index contributed by atoms with van der Waals surface area (Å²) in [4.78, 5) is 25.8. The summed E-state index contributed by atoms with van der Waals surface area (Å²) >= 11 is 0. The third-order valence-electron chi connectivity index (χ3n) is 5.44. The molecule has 1 aromatic heterocycles. The number of sulfonamides is 1. The molecule has 0 spiro atoms. The lowest BCUT2D eigenvalue weighted by molar-refractivity contribution is -0.119. The van der Waals surface area contributed by atoms with Gasteiger partial charge in [-0.2, -0.15) is 4.31 Å². The van der Waals surface area contributed by atoms with Gasteiger partial charge in [0.15, 0.2) is 0 Å². The highest BCUT2D eigenvalue weighted by atomic mass is 32.2. The van der Waals surface area contributed by atoms with Crippen molar-refractivity contribution in [3.63, 3.8) is 0 Å². The van der Waals surface area contributed by atoms with Gasteiger partial charge in [0, 0.05) is 11.9 Å². The van der Waals surface area contributed by atoms with Gasteiger partial charge in [-0.1, -0.05) is 29.8 Å². The van der Waals surface area contributed by atoms with Crippen LogP contribution in [0.25, 0.3) is 11.0 Å². The number of benzene rings is 2. The third kappa shape index (κ3) is 4.01. The fourth-order valence-electron chi connectivity index (χ4n) is 3.85. The number of carbonyl (C=O) groups is 2. The average molecular weight is 457 g/mol. The molecule has 32 heavy (non-hydrogen) atoms. The fourth-order valence-corrected chi connectivity index (χ4v) is 5.51. The second kappa shape index (κ2) is 8.76. The van der Waals surface area contributed by atoms with Crippen LogP contribution >= 0.6 is 0 Å². The Morgan fingerprint density at radius 3 is 2.59 bits per heavy atom. The molecule has 1 saturated heterocycles. The Hall–Kier alpha value is -3.17. The van der Waals surface area contributed by atoms with Crippen molar-refractivity contribution in [2.24, 2.45) is 0 Å². The van der Waals surface area contributed by atoms with Gasteiger partial charge in [-0.25, -0.2) is 13.2 Å². The van der Waals surface area contributed by atoms with Gasteiger partial charge >= 0.3 is 5.97 Å². The molecule has 1 amide bonds. The Kier molecular flexibility index (Phi) is 6.03. The molecule has 2 aromatic carbocycles. The maximum atomic E-state index is 13.2. The molecule has 168 valence electrons. The van der Waals surface area contributed by atoms with E-state index in [1.54, 1.807) is 55.5 Å². The smallest absolute Gasteiger partial charge is 0.376 e. The molecule has 3 aromatic rings. The third-order valence-corrected chi connectivity index (χ3v) is 7.36. The molecule has 0 saturated carbocycles. The lowest BCUT2D eigenvalue weighted by Gasteiger charge is -2.23. The zero-order valence-electron chi connectivity index (χ0n) is 17.8. The standard InChI is InChI=1S/C23H24N2O6S/c1-3-30-23(27)21-20(17-7-4-5-9-19(17)31-21)24-22(26)18-8-6-14-25(18)32(28,29)16-12-10-15(2)11-13-16/h4-5,7,9-13,18H,3,6,8,14H2,1-2H3,(H,24,26)/t18-/m1/s1. The van der Waals surface area contributed by atoms with E-state index in [4.69, 9.17) is 9.15 Å². The molecule has 4 rings (SSSR count). The fraction of sp³-hybridized carbons (Fsp3) is 0.304. The number of aryl methyl sites for hydroxylation is 1. The first-order valence-corrected chi connectivity index (χ1v) is 11.8. The lowest BCUT2D eigenvalue weighted by atomic mass is 10.2. The molecule has 1 N–H and O–H groups in total. The van der Waals surface area contributed by atoms with E-state index in [-0.39, 0.29) is 29.5 Å². The summed E-state index contributed by atoms with van der Waals surface area (Å²) in [6.45, 7) is 3.93. The van der Waals surface area contributed by atoms with Crippen molar-refractivity contribution in [1.82, 2.24) is 4.31 Å². The van der Waals surface area contributed by atoms with Crippen LogP contribution in [-0.2, 0) is 19.6 Å². The van der Waals surface area contributed by atoms with Crippen molar-refractivity contribution < 1.29 is 27.2 Å². The summed E-state index contributed by atoms with van der Waals surface area (Å²) in [6.07, 6.45) is 0.932. The molecular weight excluding hydrogens is 432 g/mol. The van der Waals surface area contributed by atoms with Crippen LogP contribution < -0.4 is 5.32 Å². The molecule has 0 aliphatic carbocycles. The largest absolute Gasteiger partial charge is 0.460 e. The number of furan rings is 1. The van der Waals surface area contributed by atoms with Crippen LogP contribution in [0.5, 0.6) is 0 Å². The van der Waals surface area contributed by atoms with E-state index < -0.39 is 27.9 Å². The van der Waals surface area contributed by atoms with Gasteiger partial charge in [-0.15, -0.1) is 0 Å². The van der Waals surface area contributed by atoms with Crippen molar-refractivity contribution in [1.29, 1.82) is 0 Å². The molecule has 1 aliphatic rings. The molecule has 0 unspecified atom stereocenters. The maximum Gasteiger partial charge on any atom is 0.376 e. The van der Waals surface area contributed by atoms with Gasteiger partial charge < -0.3 is 14.5 Å². The number of hydrogen-bond acceptors (Lipinski definition) is 6. The summed E-state index contributed by atoms with van der Waals surface area (Å²) in [5.41, 5.74) is 1.54. The molecule has 2 heterocycles. The lowest BCUT2D eigenvalue weighted by Crippen LogP contribution is -2.43. The van der Waals surface area contributed by atoms with E-state index in [9.17, 15) is 18.0 Å². The number of ether oxygens (including phenoxy) is 1. The Morgan fingerprint density at radius 1 is 1.16 bits per heavy atom. The van der Waals surface area contributed by atoms with Crippen LogP contribution in [0, 0.1) is 6.92 Å². The minimum Gasteiger partial charge on any atom is -0.460 e. The summed E-state index contributed by atoms with van der Waals surface area (Å²) in [7, 11) is -3.85. The predicted octanol–water partition coefficient (Wildman–Crippen LogP) is 3.71. The number of nitrogens with one attached hydrogen (secondary N) is 1. The van der Waals surface area contributed by atoms with Crippen LogP contribution in [0.1, 0.15) is 35.9 Å². The topological polar surface area (TPSA) is 106 Å². The summed E-state index contributed by atoms with van der Waals surface area (Å²) in [5.74, 6) is -1.34. The molecule has 8 nitrogen and oxygen atoms in total. The number of esters is 1. The number of hydrogen-bond donors (Lipinski definition) is 1. The Balaban J connectivity index is 1.65. The van der Waals surface area contributed by atoms with Crippen molar-refractivity contribution >= 4 is 38.6 Å². The zero-order valence-corrected chi connectivity index (χ0v) is 18.6. The quantitative estimate of drug-likeness (QED) is 0.567. The average Bonchev–Trinajstić information content (AvgIpc) is 3.40. The maximum absolute atomic E-state index is 13.2. The van der Waals surface area contributed by atoms with Crippen molar-refractivity contribution in [3.8, 4) is 0 Å². The van der Waals surface area contributed by atoms with E-state index in [0.717, 1.165) is 5.56 Å². The minimum atomic E-state index is -3.85. The molecule has 1 atom stereocenters. The first-order valence-electron chi connectivity index (χ1n) is 10.4. The highest BCUT2D eigenvalue weighted by molar-refractivity contribution is 7.89. The molecule has 0 bridgehead atoms. The van der Waals surface area contributed by atoms with E-state index in [0.29, 0.717) is 23.8 Å². The number of amides is 1. The molecule has 1 fully saturated rings. The van der Waals surface area contributed by atoms with E-state index in [2.05, 4.69) is 5.32 Å². The number of anilines is 1. The number of fused-ring (bicyclic) bond motifs is 1. The predicted molar refractivity (Wildman–Crippen MR) is 119 cm³/mol. The van der Waals surface area contributed by atoms with E-state index >= 15 is 0 Å². The molecule has 1 aliphatic heterocycles. The second-order valence-corrected chi connectivity index (χ2v) is 9.49. The van der Waals surface area contributed by atoms with Crippen LogP contribution in [0.15, 0.2) is 57.8 Å². The summed E-state index contributed by atoms with van der Waals surface area (Å²) in [6, 6.07) is 12.5. The Bertz CT molecular complexity index is 1260. The van der Waals surface area contributed by atoms with Gasteiger partial charge in [-0.3, -0.25) is 4.79 Å². The minimum absolute atomic E-state index is 0.118. The molecule has 0 radical (unpaired) electrons. The van der Waals surface area contributed by atoms with Gasteiger partial charge in [0.1, 0.15) is 17.3 Å². The summed E-state index contributed by atoms with van der Waals surface area (Å²) in [5, 5.41) is 3.27. The summed E-state index contributed by atoms with van der Waals surface area (Å²) < 4.78 is 38.3. The highest BCUT2D eigenvalue weighted by Gasteiger charge is 2.40. The Morgan fingerprint density at radius 2 is 1.88 bits per heavy atom. The number of rotatable bonds is 6. The molecular formula is C23H24N2O6S. The molecule has 9 heteroatoms. The van der Waals surface area contributed by atoms with E-state index in [1.165, 1.54) is 4.31 Å². The normalized spacial score (nSPS) is 16.9. The van der Waals surface area contributed by atoms with Crippen molar-refractivity contribution in [2.75, 3.05) is 18.5 Å². The monoisotopic (exact) mass is 456 g/mol. The van der Waals surface area contributed by atoms with Crippen LogP contribution in [0.4, 0.5) is 5.69 Å². The van der Waals surface area contributed by atoms with Crippen LogP contribution in [-0.4, -0.2) is 43.8 Å². The number of nitrogens with zero attached hydrogens (tertiary/aromatic N) is 1. The SMILES string of the molecule is CCOC(=O)c1oc2ccccc2c1NC(=O)[C@H]1CCCN1S(=O)(=O)c1ccc(C)cc1. The highest BCUT2D eigenvalue weighted by Crippen LogP contribution is 2.33. The number of carbonyl (C=O) groups excluding carboxylic acids is 2. The first-order chi connectivity index (χ1) is 15.3. The first kappa shape index (κ1) is 22.0. The number of para-hydroxylation sites is 1. The second-order valence-electron chi connectivity index (χ2n) is 7.60. The van der Waals surface area contributed by atoms with Gasteiger partial charge in [0.2, 0.25) is 21.7 Å². The zero-order chi connectivity index (χ0) is 22.9. The van der Waals surface area contributed by atoms with Crippen molar-refractivity contribution in [3.05, 3.63) is 59.9 Å². The van der Waals surface area contributed by atoms with E-state index in [1.807, 2.05) is 6.92 Å². The van der Waals surface area contributed by atoms with Gasteiger partial charge in [0.25, 0.3) is 0 Å².